The molecule has 0 aliphatic rings. The van der Waals surface area contributed by atoms with Crippen molar-refractivity contribution in [3.8, 4) is 0 Å². The summed E-state index contributed by atoms with van der Waals surface area (Å²) in [7, 11) is 0. The summed E-state index contributed by atoms with van der Waals surface area (Å²) >= 11 is 1.09. The molecule has 198 valence electrons. The summed E-state index contributed by atoms with van der Waals surface area (Å²) in [4.78, 5) is 38.1. The maximum Gasteiger partial charge on any atom is 0.418 e. The molecule has 4 rings (SSSR count). The molecule has 0 saturated heterocycles. The van der Waals surface area contributed by atoms with Crippen LogP contribution in [0, 0.1) is 0 Å². The van der Waals surface area contributed by atoms with Gasteiger partial charge in [0.25, 0.3) is 5.91 Å². The third-order valence-electron chi connectivity index (χ3n) is 5.58. The van der Waals surface area contributed by atoms with Crippen molar-refractivity contribution in [2.75, 3.05) is 10.6 Å². The van der Waals surface area contributed by atoms with E-state index in [9.17, 15) is 32.7 Å². The van der Waals surface area contributed by atoms with Crippen molar-refractivity contribution in [2.45, 2.75) is 16.3 Å². The van der Waals surface area contributed by atoms with Gasteiger partial charge in [-0.25, -0.2) is 4.79 Å². The minimum atomic E-state index is -4.65. The van der Waals surface area contributed by atoms with Crippen molar-refractivity contribution in [1.29, 1.82) is 0 Å². The highest BCUT2D eigenvalue weighted by Crippen LogP contribution is 2.39. The smallest absolute Gasteiger partial charge is 0.418 e. The Labute approximate surface area is 225 Å². The lowest BCUT2D eigenvalue weighted by atomic mass is 10.1. The van der Waals surface area contributed by atoms with Crippen molar-refractivity contribution in [3.63, 3.8) is 0 Å². The van der Waals surface area contributed by atoms with Gasteiger partial charge in [0.15, 0.2) is 0 Å². The summed E-state index contributed by atoms with van der Waals surface area (Å²) in [5, 5.41) is 13.5. The van der Waals surface area contributed by atoms with Gasteiger partial charge in [0.2, 0.25) is 5.91 Å². The highest BCUT2D eigenvalue weighted by molar-refractivity contribution is 8.00. The number of carboxylic acid groups (broad SMARTS) is 1. The predicted molar refractivity (Wildman–Crippen MR) is 143 cm³/mol. The average molecular weight is 551 g/mol. The van der Waals surface area contributed by atoms with E-state index in [1.165, 1.54) is 36.4 Å². The Hall–Kier alpha value is -4.57. The van der Waals surface area contributed by atoms with Crippen molar-refractivity contribution in [1.82, 2.24) is 0 Å². The molecular weight excluding hydrogens is 529 g/mol. The lowest BCUT2D eigenvalue weighted by Gasteiger charge is -2.19. The van der Waals surface area contributed by atoms with Gasteiger partial charge >= 0.3 is 12.1 Å². The molecule has 6 nitrogen and oxygen atoms in total. The van der Waals surface area contributed by atoms with E-state index in [1.54, 1.807) is 60.7 Å². The van der Waals surface area contributed by atoms with Crippen LogP contribution in [0.4, 0.5) is 24.5 Å². The number of carbonyl (C=O) groups excluding carboxylic acids is 2. The van der Waals surface area contributed by atoms with Crippen molar-refractivity contribution in [2.24, 2.45) is 0 Å². The van der Waals surface area contributed by atoms with Crippen LogP contribution in [0.3, 0.4) is 0 Å². The molecule has 0 aromatic heterocycles. The van der Waals surface area contributed by atoms with Crippen LogP contribution in [0.1, 0.15) is 37.1 Å². The Bertz CT molecular complexity index is 1510. The molecule has 0 radical (unpaired) electrons. The Morgan fingerprint density at radius 2 is 1.38 bits per heavy atom. The SMILES string of the molecule is O=C(O)c1ccccc1C(=O)Nc1cccc(SC(C(=O)Nc2ccccc2C(F)(F)F)c2ccccc2)c1. The van der Waals surface area contributed by atoms with Gasteiger partial charge in [-0.2, -0.15) is 13.2 Å². The van der Waals surface area contributed by atoms with Gasteiger partial charge in [0.05, 0.1) is 22.4 Å². The van der Waals surface area contributed by atoms with Gasteiger partial charge in [-0.05, 0) is 48.0 Å². The molecule has 0 fully saturated rings. The van der Waals surface area contributed by atoms with Crippen LogP contribution >= 0.6 is 11.8 Å². The molecule has 2 amide bonds. The fraction of sp³-hybridized carbons (Fsp3) is 0.0690. The van der Waals surface area contributed by atoms with E-state index in [0.29, 0.717) is 16.1 Å². The molecule has 1 atom stereocenters. The van der Waals surface area contributed by atoms with Gasteiger partial charge in [0.1, 0.15) is 5.25 Å². The van der Waals surface area contributed by atoms with Gasteiger partial charge in [-0.3, -0.25) is 9.59 Å². The van der Waals surface area contributed by atoms with E-state index in [-0.39, 0.29) is 16.8 Å². The van der Waals surface area contributed by atoms with Gasteiger partial charge in [0, 0.05) is 10.6 Å². The average Bonchev–Trinajstić information content (AvgIpc) is 2.92. The lowest BCUT2D eigenvalue weighted by molar-refractivity contribution is -0.137. The summed E-state index contributed by atoms with van der Waals surface area (Å²) < 4.78 is 40.5. The second kappa shape index (κ2) is 11.9. The third kappa shape index (κ3) is 6.85. The fourth-order valence-corrected chi connectivity index (χ4v) is 4.87. The van der Waals surface area contributed by atoms with Crippen LogP contribution in [0.2, 0.25) is 0 Å². The van der Waals surface area contributed by atoms with E-state index in [2.05, 4.69) is 10.6 Å². The molecule has 0 bridgehead atoms. The van der Waals surface area contributed by atoms with Gasteiger partial charge < -0.3 is 15.7 Å². The topological polar surface area (TPSA) is 95.5 Å². The number of aromatic carboxylic acids is 1. The van der Waals surface area contributed by atoms with Crippen molar-refractivity contribution < 1.29 is 32.7 Å². The maximum atomic E-state index is 13.5. The number of alkyl halides is 3. The second-order valence-corrected chi connectivity index (χ2v) is 9.45. The fourth-order valence-electron chi connectivity index (χ4n) is 3.79. The highest BCUT2D eigenvalue weighted by Gasteiger charge is 2.34. The van der Waals surface area contributed by atoms with E-state index in [1.807, 2.05) is 0 Å². The zero-order valence-electron chi connectivity index (χ0n) is 20.1. The number of nitrogens with one attached hydrogen (secondary N) is 2. The predicted octanol–water partition coefficient (Wildman–Crippen LogP) is 7.13. The molecule has 1 unspecified atom stereocenters. The molecule has 10 heteroatoms. The number of anilines is 2. The second-order valence-electron chi connectivity index (χ2n) is 8.27. The number of carboxylic acids is 1. The standard InChI is InChI=1S/C29H21F3N2O4S/c30-29(31,32)23-15-6-7-16-24(23)34-27(36)25(18-9-2-1-3-10-18)39-20-12-8-11-19(17-20)33-26(35)21-13-4-5-14-22(21)28(37)38/h1-17,25H,(H,33,35)(H,34,36)(H,37,38). The van der Waals surface area contributed by atoms with E-state index in [0.717, 1.165) is 17.8 Å². The van der Waals surface area contributed by atoms with Crippen LogP contribution < -0.4 is 10.6 Å². The number of hydrogen-bond donors (Lipinski definition) is 3. The number of thioether (sulfide) groups is 1. The number of para-hydroxylation sites is 1. The first-order valence-corrected chi connectivity index (χ1v) is 12.4. The number of halogens is 3. The minimum absolute atomic E-state index is 0.0204. The quantitative estimate of drug-likeness (QED) is 0.203. The van der Waals surface area contributed by atoms with E-state index in [4.69, 9.17) is 0 Å². The van der Waals surface area contributed by atoms with E-state index >= 15 is 0 Å². The summed E-state index contributed by atoms with van der Waals surface area (Å²) in [6.07, 6.45) is -4.65. The number of benzene rings is 4. The largest absolute Gasteiger partial charge is 0.478 e. The molecule has 3 N–H and O–H groups in total. The monoisotopic (exact) mass is 550 g/mol. The highest BCUT2D eigenvalue weighted by atomic mass is 32.2. The van der Waals surface area contributed by atoms with E-state index < -0.39 is 34.8 Å². The van der Waals surface area contributed by atoms with Crippen molar-refractivity contribution >= 4 is 40.9 Å². The number of carbonyl (C=O) groups is 3. The van der Waals surface area contributed by atoms with Gasteiger partial charge in [-0.1, -0.05) is 60.7 Å². The molecule has 0 spiro atoms. The first-order valence-electron chi connectivity index (χ1n) is 11.6. The number of hydrogen-bond acceptors (Lipinski definition) is 4. The molecule has 0 saturated carbocycles. The van der Waals surface area contributed by atoms with Crippen LogP contribution in [-0.4, -0.2) is 22.9 Å². The summed E-state index contributed by atoms with van der Waals surface area (Å²) in [6.45, 7) is 0. The zero-order valence-corrected chi connectivity index (χ0v) is 20.9. The van der Waals surface area contributed by atoms with Crippen LogP contribution in [-0.2, 0) is 11.0 Å². The Morgan fingerprint density at radius 3 is 2.08 bits per heavy atom. The number of rotatable bonds is 8. The minimum Gasteiger partial charge on any atom is -0.478 e. The van der Waals surface area contributed by atoms with Crippen LogP contribution in [0.25, 0.3) is 0 Å². The Balaban J connectivity index is 1.59. The zero-order chi connectivity index (χ0) is 28.0. The summed E-state index contributed by atoms with van der Waals surface area (Å²) in [5.74, 6) is -2.53. The molecular formula is C29H21F3N2O4S. The molecule has 0 aliphatic heterocycles. The lowest BCUT2D eigenvalue weighted by Crippen LogP contribution is -2.21. The first-order chi connectivity index (χ1) is 18.6. The molecule has 0 aliphatic carbocycles. The normalized spacial score (nSPS) is 11.9. The molecule has 0 heterocycles. The van der Waals surface area contributed by atoms with Crippen LogP contribution in [0.5, 0.6) is 0 Å². The third-order valence-corrected chi connectivity index (χ3v) is 6.83. The summed E-state index contributed by atoms with van der Waals surface area (Å²) in [6, 6.07) is 25.6. The molecule has 39 heavy (non-hydrogen) atoms. The van der Waals surface area contributed by atoms with Crippen molar-refractivity contribution in [3.05, 3.63) is 125 Å². The first kappa shape index (κ1) is 27.5. The van der Waals surface area contributed by atoms with Gasteiger partial charge in [-0.15, -0.1) is 11.8 Å². The van der Waals surface area contributed by atoms with Crippen LogP contribution in [0.15, 0.2) is 108 Å². The number of amides is 2. The molecule has 4 aromatic rings. The molecule has 4 aromatic carbocycles. The Morgan fingerprint density at radius 1 is 0.744 bits per heavy atom. The Kier molecular flexibility index (Phi) is 8.36. The maximum absolute atomic E-state index is 13.5. The summed E-state index contributed by atoms with van der Waals surface area (Å²) in [5.41, 5.74) is -0.571.